The lowest BCUT2D eigenvalue weighted by molar-refractivity contribution is 0.0628. The lowest BCUT2D eigenvalue weighted by Crippen LogP contribution is -2.48. The first-order valence-corrected chi connectivity index (χ1v) is 12.4. The number of amides is 1. The normalized spacial score (nSPS) is 14.7. The van der Waals surface area contributed by atoms with Gasteiger partial charge in [0.2, 0.25) is 0 Å². The van der Waals surface area contributed by atoms with E-state index in [-0.39, 0.29) is 17.6 Å². The topological polar surface area (TPSA) is 67.2 Å². The highest BCUT2D eigenvalue weighted by atomic mass is 35.5. The van der Waals surface area contributed by atoms with E-state index >= 15 is 0 Å². The van der Waals surface area contributed by atoms with E-state index in [1.807, 2.05) is 37.9 Å². The second kappa shape index (κ2) is 9.95. The molecule has 4 aromatic rings. The summed E-state index contributed by atoms with van der Waals surface area (Å²) in [5.41, 5.74) is 3.77. The minimum Gasteiger partial charge on any atom is -0.336 e. The Morgan fingerprint density at radius 2 is 1.81 bits per heavy atom. The van der Waals surface area contributed by atoms with Gasteiger partial charge in [-0.25, -0.2) is 14.4 Å². The van der Waals surface area contributed by atoms with Crippen molar-refractivity contribution in [1.82, 2.24) is 29.5 Å². The highest BCUT2D eigenvalue weighted by Crippen LogP contribution is 2.32. The Balaban J connectivity index is 1.38. The molecular formula is C27H28ClFN6O. The summed E-state index contributed by atoms with van der Waals surface area (Å²) in [5, 5.41) is 5.91. The van der Waals surface area contributed by atoms with E-state index in [0.717, 1.165) is 47.6 Å². The largest absolute Gasteiger partial charge is 0.336 e. The summed E-state index contributed by atoms with van der Waals surface area (Å²) in [6, 6.07) is 12.0. The van der Waals surface area contributed by atoms with E-state index in [9.17, 15) is 9.18 Å². The van der Waals surface area contributed by atoms with Crippen LogP contribution < -0.4 is 0 Å². The first-order chi connectivity index (χ1) is 17.3. The molecule has 1 aliphatic rings. The Kier molecular flexibility index (Phi) is 6.73. The number of aryl methyl sites for hydroxylation is 1. The Hall–Kier alpha value is -3.36. The molecule has 0 radical (unpaired) electrons. The summed E-state index contributed by atoms with van der Waals surface area (Å²) < 4.78 is 14.9. The molecule has 7 nitrogen and oxygen atoms in total. The van der Waals surface area contributed by atoms with E-state index < -0.39 is 0 Å². The zero-order valence-corrected chi connectivity index (χ0v) is 21.3. The van der Waals surface area contributed by atoms with Crippen molar-refractivity contribution >= 4 is 28.4 Å². The Labute approximate surface area is 214 Å². The number of aromatic nitrogens is 4. The molecule has 3 heterocycles. The van der Waals surface area contributed by atoms with Gasteiger partial charge >= 0.3 is 0 Å². The highest BCUT2D eigenvalue weighted by molar-refractivity contribution is 6.34. The van der Waals surface area contributed by atoms with Crippen molar-refractivity contribution in [3.63, 3.8) is 0 Å². The monoisotopic (exact) mass is 506 g/mol. The summed E-state index contributed by atoms with van der Waals surface area (Å²) in [4.78, 5) is 26.7. The lowest BCUT2D eigenvalue weighted by atomic mass is 10.1. The zero-order valence-electron chi connectivity index (χ0n) is 20.6. The summed E-state index contributed by atoms with van der Waals surface area (Å²) in [6.07, 6.45) is 1.74. The Morgan fingerprint density at radius 3 is 2.50 bits per heavy atom. The molecule has 5 rings (SSSR count). The zero-order chi connectivity index (χ0) is 25.4. The van der Waals surface area contributed by atoms with Crippen molar-refractivity contribution in [3.8, 4) is 11.4 Å². The van der Waals surface area contributed by atoms with Crippen LogP contribution in [0.3, 0.4) is 0 Å². The van der Waals surface area contributed by atoms with Crippen molar-refractivity contribution in [2.75, 3.05) is 26.2 Å². The van der Waals surface area contributed by atoms with E-state index in [2.05, 4.69) is 15.0 Å². The Morgan fingerprint density at radius 1 is 1.08 bits per heavy atom. The summed E-state index contributed by atoms with van der Waals surface area (Å²) in [6.45, 7) is 7.48. The average Bonchev–Trinajstić information content (AvgIpc) is 3.20. The van der Waals surface area contributed by atoms with Crippen molar-refractivity contribution in [2.45, 2.75) is 26.3 Å². The predicted molar refractivity (Wildman–Crippen MR) is 138 cm³/mol. The van der Waals surface area contributed by atoms with Crippen LogP contribution >= 0.6 is 11.6 Å². The maximum Gasteiger partial charge on any atom is 0.255 e. The maximum absolute atomic E-state index is 13.5. The van der Waals surface area contributed by atoms with Crippen LogP contribution in [0.25, 0.3) is 22.3 Å². The molecule has 2 aromatic carbocycles. The number of fused-ring (bicyclic) bond motifs is 1. The molecular weight excluding hydrogens is 479 g/mol. The number of nitrogens with zero attached hydrogens (tertiary/aromatic N) is 6. The molecule has 36 heavy (non-hydrogen) atoms. The highest BCUT2D eigenvalue weighted by Gasteiger charge is 2.25. The van der Waals surface area contributed by atoms with E-state index in [1.54, 1.807) is 29.1 Å². The van der Waals surface area contributed by atoms with Crippen LogP contribution in [-0.2, 0) is 13.6 Å². The van der Waals surface area contributed by atoms with Crippen LogP contribution in [0.5, 0.6) is 0 Å². The molecule has 0 aliphatic carbocycles. The third kappa shape index (κ3) is 4.83. The molecule has 1 fully saturated rings. The van der Waals surface area contributed by atoms with E-state index in [4.69, 9.17) is 16.6 Å². The van der Waals surface area contributed by atoms with Crippen LogP contribution in [0.15, 0.2) is 48.7 Å². The molecule has 186 valence electrons. The standard InChI is InChI=1S/C27H28ClFN6O/c1-17(2)26-30-9-8-23(31-26)25-21-14-20(22(28)15-24(21)33(3)32-25)27(36)35-12-10-34(11-13-35)16-18-4-6-19(29)7-5-18/h4-9,14-15,17H,10-13,16H2,1-3H3. The number of piperazine rings is 1. The first kappa shape index (κ1) is 24.3. The van der Waals surface area contributed by atoms with Gasteiger partial charge in [0.25, 0.3) is 5.91 Å². The molecule has 1 saturated heterocycles. The minimum atomic E-state index is -0.236. The SMILES string of the molecule is CC(C)c1nccc(-c2nn(C)c3cc(Cl)c(C(=O)N4CCN(Cc5ccc(F)cc5)CC4)cc23)n1. The van der Waals surface area contributed by atoms with Gasteiger partial charge in [-0.3, -0.25) is 14.4 Å². The molecule has 9 heteroatoms. The summed E-state index contributed by atoms with van der Waals surface area (Å²) in [7, 11) is 1.86. The van der Waals surface area contributed by atoms with Crippen molar-refractivity contribution in [3.05, 3.63) is 76.5 Å². The maximum atomic E-state index is 13.5. The van der Waals surface area contributed by atoms with Gasteiger partial charge in [-0.05, 0) is 35.9 Å². The van der Waals surface area contributed by atoms with Gasteiger partial charge in [0.05, 0.1) is 21.8 Å². The van der Waals surface area contributed by atoms with Crippen LogP contribution in [-0.4, -0.2) is 61.6 Å². The van der Waals surface area contributed by atoms with Crippen LogP contribution in [0.1, 0.15) is 41.5 Å². The number of hydrogen-bond acceptors (Lipinski definition) is 5. The second-order valence-corrected chi connectivity index (χ2v) is 9.88. The molecule has 0 atom stereocenters. The number of rotatable bonds is 5. The molecule has 0 unspecified atom stereocenters. The van der Waals surface area contributed by atoms with Crippen LogP contribution in [0, 0.1) is 5.82 Å². The molecule has 0 saturated carbocycles. The number of benzene rings is 2. The fourth-order valence-electron chi connectivity index (χ4n) is 4.54. The number of halogens is 2. The first-order valence-electron chi connectivity index (χ1n) is 12.1. The van der Waals surface area contributed by atoms with Crippen molar-refractivity contribution in [1.29, 1.82) is 0 Å². The minimum absolute atomic E-state index is 0.0938. The summed E-state index contributed by atoms with van der Waals surface area (Å²) in [5.74, 6) is 0.604. The molecule has 0 spiro atoms. The van der Waals surface area contributed by atoms with E-state index in [1.165, 1.54) is 12.1 Å². The average molecular weight is 507 g/mol. The third-order valence-corrected chi connectivity index (χ3v) is 6.89. The molecule has 2 aromatic heterocycles. The van der Waals surface area contributed by atoms with Gasteiger partial charge in [-0.2, -0.15) is 5.10 Å². The summed E-state index contributed by atoms with van der Waals surface area (Å²) >= 11 is 6.60. The van der Waals surface area contributed by atoms with Crippen molar-refractivity contribution < 1.29 is 9.18 Å². The number of hydrogen-bond donors (Lipinski definition) is 0. The van der Waals surface area contributed by atoms with Gasteiger partial charge < -0.3 is 4.90 Å². The molecule has 0 N–H and O–H groups in total. The molecule has 1 aliphatic heterocycles. The van der Waals surface area contributed by atoms with Crippen LogP contribution in [0.2, 0.25) is 5.02 Å². The Bertz CT molecular complexity index is 1410. The number of carbonyl (C=O) groups is 1. The van der Waals surface area contributed by atoms with E-state index in [0.29, 0.717) is 29.4 Å². The fraction of sp³-hybridized carbons (Fsp3) is 0.333. The fourth-order valence-corrected chi connectivity index (χ4v) is 4.78. The molecule has 0 bridgehead atoms. The van der Waals surface area contributed by atoms with Crippen molar-refractivity contribution in [2.24, 2.45) is 7.05 Å². The third-order valence-electron chi connectivity index (χ3n) is 6.58. The van der Waals surface area contributed by atoms with Gasteiger partial charge in [0.1, 0.15) is 17.3 Å². The van der Waals surface area contributed by atoms with Gasteiger partial charge in [0, 0.05) is 57.3 Å². The van der Waals surface area contributed by atoms with Gasteiger partial charge in [0.15, 0.2) is 0 Å². The lowest BCUT2D eigenvalue weighted by Gasteiger charge is -2.35. The van der Waals surface area contributed by atoms with Crippen LogP contribution in [0.4, 0.5) is 4.39 Å². The predicted octanol–water partition coefficient (Wildman–Crippen LogP) is 4.90. The quantitative estimate of drug-likeness (QED) is 0.385. The smallest absolute Gasteiger partial charge is 0.255 e. The van der Waals surface area contributed by atoms with Gasteiger partial charge in [-0.15, -0.1) is 0 Å². The second-order valence-electron chi connectivity index (χ2n) is 9.47. The van der Waals surface area contributed by atoms with Gasteiger partial charge in [-0.1, -0.05) is 37.6 Å². The number of carbonyl (C=O) groups excluding carboxylic acids is 1. The molecule has 1 amide bonds.